The molecule has 0 bridgehead atoms. The first-order valence-corrected chi connectivity index (χ1v) is 11.2. The molecule has 1 aliphatic heterocycles. The predicted octanol–water partition coefficient (Wildman–Crippen LogP) is 5.39. The van der Waals surface area contributed by atoms with E-state index in [9.17, 15) is 4.79 Å². The minimum absolute atomic E-state index is 0.0349. The SMILES string of the molecule is CC(Cl)C(=O)N1CCN(c2cnc(-c3ccc(Cl)cc3)c(-c3ccc(Cl)cc3)n2)CC1. The Morgan fingerprint density at radius 3 is 1.90 bits per heavy atom. The second kappa shape index (κ2) is 9.43. The normalized spacial score (nSPS) is 15.1. The van der Waals surface area contributed by atoms with Crippen LogP contribution in [0.4, 0.5) is 5.82 Å². The second-order valence-electron chi connectivity index (χ2n) is 7.37. The Morgan fingerprint density at radius 1 is 0.871 bits per heavy atom. The van der Waals surface area contributed by atoms with E-state index in [1.165, 1.54) is 0 Å². The largest absolute Gasteiger partial charge is 0.352 e. The highest BCUT2D eigenvalue weighted by Crippen LogP contribution is 2.32. The molecule has 1 aliphatic rings. The Labute approximate surface area is 196 Å². The summed E-state index contributed by atoms with van der Waals surface area (Å²) in [5.41, 5.74) is 3.39. The van der Waals surface area contributed by atoms with E-state index in [2.05, 4.69) is 4.90 Å². The molecule has 1 fully saturated rings. The Bertz CT molecular complexity index is 1060. The fourth-order valence-electron chi connectivity index (χ4n) is 3.57. The van der Waals surface area contributed by atoms with Gasteiger partial charge in [0.2, 0.25) is 5.91 Å². The van der Waals surface area contributed by atoms with Gasteiger partial charge in [0.25, 0.3) is 0 Å². The number of piperazine rings is 1. The van der Waals surface area contributed by atoms with Gasteiger partial charge in [0.1, 0.15) is 11.2 Å². The monoisotopic (exact) mass is 474 g/mol. The summed E-state index contributed by atoms with van der Waals surface area (Å²) in [6, 6.07) is 15.1. The summed E-state index contributed by atoms with van der Waals surface area (Å²) in [6.45, 7) is 4.25. The number of amides is 1. The van der Waals surface area contributed by atoms with E-state index in [4.69, 9.17) is 44.8 Å². The highest BCUT2D eigenvalue weighted by molar-refractivity contribution is 6.31. The molecule has 3 aromatic rings. The zero-order valence-corrected chi connectivity index (χ0v) is 19.2. The number of carbonyl (C=O) groups excluding carboxylic acids is 1. The van der Waals surface area contributed by atoms with E-state index in [1.54, 1.807) is 18.0 Å². The van der Waals surface area contributed by atoms with Gasteiger partial charge in [0.15, 0.2) is 0 Å². The molecule has 1 saturated heterocycles. The van der Waals surface area contributed by atoms with Crippen molar-refractivity contribution in [2.24, 2.45) is 0 Å². The van der Waals surface area contributed by atoms with Crippen LogP contribution < -0.4 is 4.90 Å². The highest BCUT2D eigenvalue weighted by Gasteiger charge is 2.25. The van der Waals surface area contributed by atoms with Crippen LogP contribution in [0.5, 0.6) is 0 Å². The van der Waals surface area contributed by atoms with E-state index in [1.807, 2.05) is 48.5 Å². The molecule has 1 amide bonds. The molecule has 0 N–H and O–H groups in total. The van der Waals surface area contributed by atoms with Crippen LogP contribution in [-0.2, 0) is 4.79 Å². The zero-order chi connectivity index (χ0) is 22.0. The van der Waals surface area contributed by atoms with E-state index >= 15 is 0 Å². The van der Waals surface area contributed by atoms with Crippen LogP contribution in [0.1, 0.15) is 6.92 Å². The van der Waals surface area contributed by atoms with Crippen molar-refractivity contribution < 1.29 is 4.79 Å². The van der Waals surface area contributed by atoms with Crippen LogP contribution in [0.3, 0.4) is 0 Å². The van der Waals surface area contributed by atoms with Crippen LogP contribution in [0, 0.1) is 0 Å². The Morgan fingerprint density at radius 2 is 1.39 bits per heavy atom. The number of hydrogen-bond donors (Lipinski definition) is 0. The van der Waals surface area contributed by atoms with Crippen molar-refractivity contribution in [2.75, 3.05) is 31.1 Å². The summed E-state index contributed by atoms with van der Waals surface area (Å²) in [5.74, 6) is 0.737. The molecule has 5 nitrogen and oxygen atoms in total. The van der Waals surface area contributed by atoms with Crippen molar-refractivity contribution in [3.05, 3.63) is 64.8 Å². The van der Waals surface area contributed by atoms with Gasteiger partial charge in [-0.15, -0.1) is 11.6 Å². The number of halogens is 3. The molecule has 0 saturated carbocycles. The molecule has 1 atom stereocenters. The minimum Gasteiger partial charge on any atom is -0.352 e. The molecule has 8 heteroatoms. The number of aromatic nitrogens is 2. The Balaban J connectivity index is 1.66. The third-order valence-corrected chi connectivity index (χ3v) is 5.94. The Hall–Kier alpha value is -2.34. The average molecular weight is 476 g/mol. The maximum absolute atomic E-state index is 12.2. The van der Waals surface area contributed by atoms with Gasteiger partial charge in [0.05, 0.1) is 17.6 Å². The Kier molecular flexibility index (Phi) is 6.65. The summed E-state index contributed by atoms with van der Waals surface area (Å²) in [7, 11) is 0. The fraction of sp³-hybridized carbons (Fsp3) is 0.261. The maximum atomic E-state index is 12.2. The van der Waals surface area contributed by atoms with Crippen LogP contribution >= 0.6 is 34.8 Å². The molecular weight excluding hydrogens is 455 g/mol. The van der Waals surface area contributed by atoms with E-state index in [0.29, 0.717) is 36.2 Å². The molecule has 0 aliphatic carbocycles. The van der Waals surface area contributed by atoms with E-state index < -0.39 is 5.38 Å². The zero-order valence-electron chi connectivity index (χ0n) is 16.9. The summed E-state index contributed by atoms with van der Waals surface area (Å²) in [4.78, 5) is 25.8. The van der Waals surface area contributed by atoms with Gasteiger partial charge in [-0.3, -0.25) is 9.78 Å². The fourth-order valence-corrected chi connectivity index (χ4v) is 3.96. The van der Waals surface area contributed by atoms with Gasteiger partial charge >= 0.3 is 0 Å². The van der Waals surface area contributed by atoms with Crippen LogP contribution in [0.15, 0.2) is 54.7 Å². The molecule has 31 heavy (non-hydrogen) atoms. The second-order valence-corrected chi connectivity index (χ2v) is 8.90. The third-order valence-electron chi connectivity index (χ3n) is 5.25. The van der Waals surface area contributed by atoms with E-state index in [0.717, 1.165) is 28.3 Å². The summed E-state index contributed by atoms with van der Waals surface area (Å²) < 4.78 is 0. The van der Waals surface area contributed by atoms with Gasteiger partial charge in [-0.1, -0.05) is 47.5 Å². The molecule has 160 valence electrons. The maximum Gasteiger partial charge on any atom is 0.240 e. The standard InChI is InChI=1S/C23H21Cl3N4O/c1-15(24)23(31)30-12-10-29(11-13-30)20-14-27-21(16-2-6-18(25)7-3-16)22(28-20)17-4-8-19(26)9-5-17/h2-9,14-15H,10-13H2,1H3. The smallest absolute Gasteiger partial charge is 0.240 e. The van der Waals surface area contributed by atoms with Crippen molar-refractivity contribution in [3.63, 3.8) is 0 Å². The quantitative estimate of drug-likeness (QED) is 0.475. The molecule has 0 radical (unpaired) electrons. The third kappa shape index (κ3) is 4.95. The number of benzene rings is 2. The van der Waals surface area contributed by atoms with Crippen LogP contribution in [-0.4, -0.2) is 52.3 Å². The minimum atomic E-state index is -0.512. The first-order valence-electron chi connectivity index (χ1n) is 9.99. The van der Waals surface area contributed by atoms with Crippen molar-refractivity contribution in [3.8, 4) is 22.5 Å². The summed E-state index contributed by atoms with van der Waals surface area (Å²) in [6.07, 6.45) is 1.78. The molecule has 1 unspecified atom stereocenters. The average Bonchev–Trinajstić information content (AvgIpc) is 2.79. The number of nitrogens with zero attached hydrogens (tertiary/aromatic N) is 4. The van der Waals surface area contributed by atoms with Gasteiger partial charge in [-0.25, -0.2) is 4.98 Å². The van der Waals surface area contributed by atoms with Crippen molar-refractivity contribution in [1.29, 1.82) is 0 Å². The van der Waals surface area contributed by atoms with Gasteiger partial charge in [0, 0.05) is 47.4 Å². The molecule has 1 aromatic heterocycles. The van der Waals surface area contributed by atoms with Crippen LogP contribution in [0.25, 0.3) is 22.5 Å². The molecule has 2 aromatic carbocycles. The van der Waals surface area contributed by atoms with E-state index in [-0.39, 0.29) is 5.91 Å². The van der Waals surface area contributed by atoms with Crippen LogP contribution in [0.2, 0.25) is 10.0 Å². The van der Waals surface area contributed by atoms with Gasteiger partial charge in [-0.05, 0) is 31.2 Å². The van der Waals surface area contributed by atoms with Gasteiger partial charge in [-0.2, -0.15) is 0 Å². The molecule has 2 heterocycles. The molecular formula is C23H21Cl3N4O. The van der Waals surface area contributed by atoms with Crippen molar-refractivity contribution >= 4 is 46.5 Å². The first-order chi connectivity index (χ1) is 14.9. The lowest BCUT2D eigenvalue weighted by atomic mass is 10.0. The summed E-state index contributed by atoms with van der Waals surface area (Å²) >= 11 is 18.1. The topological polar surface area (TPSA) is 49.3 Å². The molecule has 0 spiro atoms. The lowest BCUT2D eigenvalue weighted by Gasteiger charge is -2.36. The number of alkyl halides is 1. The highest BCUT2D eigenvalue weighted by atomic mass is 35.5. The first kappa shape index (κ1) is 21.9. The van der Waals surface area contributed by atoms with Crippen molar-refractivity contribution in [2.45, 2.75) is 12.3 Å². The lowest BCUT2D eigenvalue weighted by molar-refractivity contribution is -0.130. The number of carbonyl (C=O) groups is 1. The predicted molar refractivity (Wildman–Crippen MR) is 127 cm³/mol. The molecule has 4 rings (SSSR count). The number of rotatable bonds is 4. The number of hydrogen-bond acceptors (Lipinski definition) is 4. The summed E-state index contributed by atoms with van der Waals surface area (Å²) in [5, 5.41) is 0.816. The van der Waals surface area contributed by atoms with Gasteiger partial charge < -0.3 is 9.80 Å². The van der Waals surface area contributed by atoms with Crippen molar-refractivity contribution in [1.82, 2.24) is 14.9 Å². The number of anilines is 1. The lowest BCUT2D eigenvalue weighted by Crippen LogP contribution is -2.50.